The van der Waals surface area contributed by atoms with Crippen LogP contribution in [0.1, 0.15) is 41.4 Å². The fourth-order valence-corrected chi connectivity index (χ4v) is 2.99. The van der Waals surface area contributed by atoms with Crippen molar-refractivity contribution in [1.29, 1.82) is 0 Å². The molecular weight excluding hydrogens is 349 g/mol. The minimum atomic E-state index is -0.346. The maximum Gasteiger partial charge on any atom is 0.282 e. The number of aromatic nitrogens is 4. The fraction of sp³-hybridized carbons (Fsp3) is 0.250. The zero-order chi connectivity index (χ0) is 17.6. The van der Waals surface area contributed by atoms with Crippen molar-refractivity contribution < 1.29 is 4.79 Å². The highest BCUT2D eigenvalue weighted by atomic mass is 35.5. The molecule has 0 unspecified atom stereocenters. The third-order valence-corrected chi connectivity index (χ3v) is 4.51. The third-order valence-electron chi connectivity index (χ3n) is 3.83. The standard InChI is InChI=1S/C16H15Cl2N5O/c1-7(2)9-6-23(14-11(9)13(18)21-16(19)22-14)15(24)12-8(3)10(17)4-5-20-12/h4-7H,1-3H3,(H2,19,21,22). The molecule has 3 rings (SSSR count). The molecule has 3 aromatic heterocycles. The van der Waals surface area contributed by atoms with E-state index in [1.807, 2.05) is 13.8 Å². The van der Waals surface area contributed by atoms with Gasteiger partial charge < -0.3 is 5.73 Å². The molecule has 8 heteroatoms. The number of pyridine rings is 1. The van der Waals surface area contributed by atoms with Crippen molar-refractivity contribution in [3.8, 4) is 0 Å². The average Bonchev–Trinajstić information content (AvgIpc) is 2.89. The normalized spacial score (nSPS) is 11.4. The lowest BCUT2D eigenvalue weighted by Crippen LogP contribution is -2.15. The second-order valence-corrected chi connectivity index (χ2v) is 6.52. The Labute approximate surface area is 148 Å². The topological polar surface area (TPSA) is 86.7 Å². The quantitative estimate of drug-likeness (QED) is 0.699. The van der Waals surface area contributed by atoms with Gasteiger partial charge in [-0.25, -0.2) is 4.98 Å². The summed E-state index contributed by atoms with van der Waals surface area (Å²) in [5.74, 6) is -0.216. The van der Waals surface area contributed by atoms with Gasteiger partial charge in [0.15, 0.2) is 5.65 Å². The van der Waals surface area contributed by atoms with Crippen molar-refractivity contribution in [1.82, 2.24) is 19.5 Å². The smallest absolute Gasteiger partial charge is 0.282 e. The number of carbonyl (C=O) groups is 1. The molecule has 0 aliphatic heterocycles. The SMILES string of the molecule is Cc1c(Cl)ccnc1C(=O)n1cc(C(C)C)c2c(Cl)nc(N)nc21. The van der Waals surface area contributed by atoms with E-state index in [1.54, 1.807) is 19.2 Å². The summed E-state index contributed by atoms with van der Waals surface area (Å²) in [6, 6.07) is 1.64. The highest BCUT2D eigenvalue weighted by Crippen LogP contribution is 2.32. The number of nitrogens with two attached hydrogens (primary N) is 1. The van der Waals surface area contributed by atoms with Gasteiger partial charge in [-0.15, -0.1) is 0 Å². The van der Waals surface area contributed by atoms with E-state index in [0.717, 1.165) is 5.56 Å². The molecular formula is C16H15Cl2N5O. The Morgan fingerprint density at radius 3 is 2.67 bits per heavy atom. The first-order valence-corrected chi connectivity index (χ1v) is 8.06. The fourth-order valence-electron chi connectivity index (χ4n) is 2.56. The number of anilines is 1. The van der Waals surface area contributed by atoms with Crippen LogP contribution in [0.5, 0.6) is 0 Å². The van der Waals surface area contributed by atoms with E-state index in [9.17, 15) is 4.79 Å². The van der Waals surface area contributed by atoms with Gasteiger partial charge in [0.1, 0.15) is 10.8 Å². The molecule has 0 aliphatic rings. The van der Waals surface area contributed by atoms with Crippen LogP contribution in [0.4, 0.5) is 5.95 Å². The zero-order valence-electron chi connectivity index (χ0n) is 13.3. The van der Waals surface area contributed by atoms with Gasteiger partial charge in [0.2, 0.25) is 5.95 Å². The predicted octanol–water partition coefficient (Wildman–Crippen LogP) is 3.84. The summed E-state index contributed by atoms with van der Waals surface area (Å²) in [6.07, 6.45) is 3.20. The van der Waals surface area contributed by atoms with E-state index < -0.39 is 0 Å². The van der Waals surface area contributed by atoms with Gasteiger partial charge in [0.05, 0.1) is 5.39 Å². The summed E-state index contributed by atoms with van der Waals surface area (Å²) in [6.45, 7) is 5.74. The van der Waals surface area contributed by atoms with Crippen LogP contribution in [0.2, 0.25) is 10.2 Å². The molecule has 24 heavy (non-hydrogen) atoms. The monoisotopic (exact) mass is 363 g/mol. The van der Waals surface area contributed by atoms with Gasteiger partial charge >= 0.3 is 0 Å². The van der Waals surface area contributed by atoms with Crippen molar-refractivity contribution >= 4 is 46.1 Å². The summed E-state index contributed by atoms with van der Waals surface area (Å²) in [5, 5.41) is 1.32. The number of carbonyl (C=O) groups excluding carboxylic acids is 1. The number of fused-ring (bicyclic) bond motifs is 1. The molecule has 0 spiro atoms. The lowest BCUT2D eigenvalue weighted by atomic mass is 10.0. The number of nitrogens with zero attached hydrogens (tertiary/aromatic N) is 4. The molecule has 3 heterocycles. The van der Waals surface area contributed by atoms with E-state index in [0.29, 0.717) is 21.6 Å². The molecule has 0 radical (unpaired) electrons. The summed E-state index contributed by atoms with van der Waals surface area (Å²) in [5.41, 5.74) is 7.79. The van der Waals surface area contributed by atoms with Crippen molar-refractivity contribution in [2.75, 3.05) is 5.73 Å². The molecule has 2 N–H and O–H groups in total. The van der Waals surface area contributed by atoms with Crippen LogP contribution in [0.3, 0.4) is 0 Å². The Kier molecular flexibility index (Phi) is 4.19. The zero-order valence-corrected chi connectivity index (χ0v) is 14.9. The highest BCUT2D eigenvalue weighted by molar-refractivity contribution is 6.34. The lowest BCUT2D eigenvalue weighted by molar-refractivity contribution is 0.0958. The van der Waals surface area contributed by atoms with E-state index in [1.165, 1.54) is 10.8 Å². The predicted molar refractivity (Wildman–Crippen MR) is 94.8 cm³/mol. The Morgan fingerprint density at radius 2 is 2.00 bits per heavy atom. The average molecular weight is 364 g/mol. The van der Waals surface area contributed by atoms with E-state index >= 15 is 0 Å². The van der Waals surface area contributed by atoms with Gasteiger partial charge in [0, 0.05) is 17.4 Å². The van der Waals surface area contributed by atoms with Crippen LogP contribution in [-0.2, 0) is 0 Å². The van der Waals surface area contributed by atoms with Crippen LogP contribution in [0, 0.1) is 6.92 Å². The second-order valence-electron chi connectivity index (χ2n) is 5.75. The molecule has 124 valence electrons. The molecule has 0 saturated heterocycles. The van der Waals surface area contributed by atoms with Crippen molar-refractivity contribution in [2.24, 2.45) is 0 Å². The maximum atomic E-state index is 13.0. The first-order valence-electron chi connectivity index (χ1n) is 7.31. The van der Waals surface area contributed by atoms with Crippen LogP contribution < -0.4 is 5.73 Å². The van der Waals surface area contributed by atoms with Crippen molar-refractivity contribution in [3.63, 3.8) is 0 Å². The molecule has 0 aromatic carbocycles. The Balaban J connectivity index is 2.30. The third kappa shape index (κ3) is 2.61. The van der Waals surface area contributed by atoms with Gasteiger partial charge in [-0.05, 0) is 30.0 Å². The number of nitrogen functional groups attached to an aromatic ring is 1. The second kappa shape index (κ2) is 6.03. The van der Waals surface area contributed by atoms with Gasteiger partial charge in [-0.2, -0.15) is 4.98 Å². The molecule has 0 saturated carbocycles. The maximum absolute atomic E-state index is 13.0. The van der Waals surface area contributed by atoms with Gasteiger partial charge in [-0.3, -0.25) is 14.3 Å². The van der Waals surface area contributed by atoms with Gasteiger partial charge in [0.25, 0.3) is 5.91 Å². The largest absolute Gasteiger partial charge is 0.368 e. The highest BCUT2D eigenvalue weighted by Gasteiger charge is 2.23. The molecule has 3 aromatic rings. The number of hydrogen-bond donors (Lipinski definition) is 1. The first-order chi connectivity index (χ1) is 11.3. The molecule has 0 amide bonds. The number of halogens is 2. The summed E-state index contributed by atoms with van der Waals surface area (Å²) in [7, 11) is 0. The lowest BCUT2D eigenvalue weighted by Gasteiger charge is -2.07. The minimum absolute atomic E-state index is 0.00531. The first kappa shape index (κ1) is 16.7. The minimum Gasteiger partial charge on any atom is -0.368 e. The summed E-state index contributed by atoms with van der Waals surface area (Å²) >= 11 is 12.3. The number of rotatable bonds is 2. The van der Waals surface area contributed by atoms with Gasteiger partial charge in [-0.1, -0.05) is 37.0 Å². The van der Waals surface area contributed by atoms with Crippen LogP contribution >= 0.6 is 23.2 Å². The Bertz CT molecular complexity index is 965. The van der Waals surface area contributed by atoms with Crippen molar-refractivity contribution in [2.45, 2.75) is 26.7 Å². The number of hydrogen-bond acceptors (Lipinski definition) is 5. The molecule has 0 fully saturated rings. The molecule has 0 aliphatic carbocycles. The van der Waals surface area contributed by atoms with E-state index in [4.69, 9.17) is 28.9 Å². The van der Waals surface area contributed by atoms with Crippen LogP contribution in [0.25, 0.3) is 11.0 Å². The van der Waals surface area contributed by atoms with Crippen molar-refractivity contribution in [3.05, 3.63) is 45.5 Å². The summed E-state index contributed by atoms with van der Waals surface area (Å²) in [4.78, 5) is 25.3. The van der Waals surface area contributed by atoms with E-state index in [-0.39, 0.29) is 28.6 Å². The van der Waals surface area contributed by atoms with Crippen LogP contribution in [-0.4, -0.2) is 25.4 Å². The Morgan fingerprint density at radius 1 is 1.29 bits per heavy atom. The van der Waals surface area contributed by atoms with Crippen LogP contribution in [0.15, 0.2) is 18.5 Å². The molecule has 0 bridgehead atoms. The summed E-state index contributed by atoms with van der Waals surface area (Å²) < 4.78 is 1.40. The molecule has 6 nitrogen and oxygen atoms in total. The molecule has 0 atom stereocenters. The Hall–Kier alpha value is -2.18. The van der Waals surface area contributed by atoms with E-state index in [2.05, 4.69) is 15.0 Å².